The van der Waals surface area contributed by atoms with E-state index in [9.17, 15) is 4.79 Å². The lowest BCUT2D eigenvalue weighted by molar-refractivity contribution is 0.0689. The Bertz CT molecular complexity index is 737. The molecule has 102 valence electrons. The highest BCUT2D eigenvalue weighted by atomic mass is 79.9. The van der Waals surface area contributed by atoms with E-state index in [2.05, 4.69) is 31.3 Å². The van der Waals surface area contributed by atoms with Crippen molar-refractivity contribution in [3.63, 3.8) is 0 Å². The van der Waals surface area contributed by atoms with E-state index in [1.165, 1.54) is 6.33 Å². The van der Waals surface area contributed by atoms with Crippen LogP contribution in [-0.2, 0) is 6.54 Å². The largest absolute Gasteiger partial charge is 0.476 e. The second kappa shape index (κ2) is 4.73. The topological polar surface area (TPSA) is 106 Å². The Labute approximate surface area is 122 Å². The summed E-state index contributed by atoms with van der Waals surface area (Å²) < 4.78 is 2.60. The van der Waals surface area contributed by atoms with E-state index in [1.807, 2.05) is 18.2 Å². The van der Waals surface area contributed by atoms with Crippen molar-refractivity contribution in [2.75, 3.05) is 0 Å². The Morgan fingerprint density at radius 3 is 3.00 bits per heavy atom. The molecule has 2 aromatic rings. The van der Waals surface area contributed by atoms with Crippen LogP contribution in [0, 0.1) is 0 Å². The Balaban J connectivity index is 2.29. The molecule has 0 bridgehead atoms. The van der Waals surface area contributed by atoms with Gasteiger partial charge in [-0.25, -0.2) is 15.6 Å². The minimum Gasteiger partial charge on any atom is -0.476 e. The number of hydrogen-bond donors (Lipinski definition) is 3. The van der Waals surface area contributed by atoms with Crippen LogP contribution < -0.4 is 11.3 Å². The molecule has 3 rings (SSSR count). The van der Waals surface area contributed by atoms with Crippen molar-refractivity contribution in [3.8, 4) is 5.69 Å². The Hall–Kier alpha value is -2.19. The van der Waals surface area contributed by atoms with Gasteiger partial charge in [0, 0.05) is 10.0 Å². The first kappa shape index (κ1) is 12.8. The van der Waals surface area contributed by atoms with Gasteiger partial charge in [0.25, 0.3) is 0 Å². The predicted molar refractivity (Wildman–Crippen MR) is 75.8 cm³/mol. The predicted octanol–water partition coefficient (Wildman–Crippen LogP) is 1.06. The summed E-state index contributed by atoms with van der Waals surface area (Å²) >= 11 is 3.40. The first-order valence-corrected chi connectivity index (χ1v) is 6.52. The number of rotatable bonds is 1. The first-order valence-electron chi connectivity index (χ1n) is 5.72. The van der Waals surface area contributed by atoms with Gasteiger partial charge in [0.1, 0.15) is 12.2 Å². The minimum absolute atomic E-state index is 0.000824. The summed E-state index contributed by atoms with van der Waals surface area (Å²) in [6.45, 7) is 0.188. The highest BCUT2D eigenvalue weighted by Crippen LogP contribution is 2.26. The second-order valence-electron chi connectivity index (χ2n) is 4.19. The summed E-state index contributed by atoms with van der Waals surface area (Å²) in [5, 5.41) is 9.16. The number of benzene rings is 1. The minimum atomic E-state index is -1.07. The quantitative estimate of drug-likeness (QED) is 0.533. The van der Waals surface area contributed by atoms with E-state index >= 15 is 0 Å². The highest BCUT2D eigenvalue weighted by Gasteiger charge is 2.23. The number of carboxylic acids is 1. The smallest absolute Gasteiger partial charge is 0.356 e. The van der Waals surface area contributed by atoms with Crippen LogP contribution in [0.1, 0.15) is 21.7 Å². The molecule has 1 aliphatic heterocycles. The SMILES string of the molecule is NNC1=NCc2c(C(=O)O)ncn2-c2ccc(Br)cc21. The fourth-order valence-electron chi connectivity index (χ4n) is 2.18. The number of imidazole rings is 1. The van der Waals surface area contributed by atoms with E-state index in [4.69, 9.17) is 10.9 Å². The van der Waals surface area contributed by atoms with Gasteiger partial charge in [-0.2, -0.15) is 0 Å². The van der Waals surface area contributed by atoms with Crippen molar-refractivity contribution in [2.45, 2.75) is 6.54 Å². The number of aromatic nitrogens is 2. The van der Waals surface area contributed by atoms with Gasteiger partial charge in [-0.05, 0) is 18.2 Å². The molecule has 0 saturated heterocycles. The summed E-state index contributed by atoms with van der Waals surface area (Å²) in [7, 11) is 0. The molecular formula is C12H10BrN5O2. The molecule has 1 aliphatic rings. The normalized spacial score (nSPS) is 13.0. The van der Waals surface area contributed by atoms with E-state index in [0.29, 0.717) is 11.5 Å². The molecule has 8 heteroatoms. The number of hydrogen-bond acceptors (Lipinski definition) is 5. The monoisotopic (exact) mass is 335 g/mol. The van der Waals surface area contributed by atoms with Gasteiger partial charge in [-0.15, -0.1) is 0 Å². The van der Waals surface area contributed by atoms with E-state index in [0.717, 1.165) is 15.7 Å². The lowest BCUT2D eigenvalue weighted by atomic mass is 10.1. The summed E-state index contributed by atoms with van der Waals surface area (Å²) in [6, 6.07) is 5.58. The molecule has 0 aliphatic carbocycles. The molecule has 7 nitrogen and oxygen atoms in total. The number of nitrogens with two attached hydrogens (primary N) is 1. The van der Waals surface area contributed by atoms with Gasteiger partial charge in [-0.3, -0.25) is 9.56 Å². The molecule has 20 heavy (non-hydrogen) atoms. The fraction of sp³-hybridized carbons (Fsp3) is 0.0833. The molecule has 4 N–H and O–H groups in total. The van der Waals surface area contributed by atoms with Crippen LogP contribution in [0.2, 0.25) is 0 Å². The molecule has 2 heterocycles. The van der Waals surface area contributed by atoms with Crippen LogP contribution in [0.5, 0.6) is 0 Å². The molecule has 0 atom stereocenters. The van der Waals surface area contributed by atoms with Crippen LogP contribution in [0.25, 0.3) is 5.69 Å². The maximum atomic E-state index is 11.2. The number of hydrazine groups is 1. The summed E-state index contributed by atoms with van der Waals surface area (Å²) in [4.78, 5) is 19.4. The molecule has 0 spiro atoms. The van der Waals surface area contributed by atoms with Crippen LogP contribution >= 0.6 is 15.9 Å². The molecule has 0 saturated carbocycles. The number of halogens is 1. The molecular weight excluding hydrogens is 326 g/mol. The van der Waals surface area contributed by atoms with Gasteiger partial charge in [-0.1, -0.05) is 15.9 Å². The Morgan fingerprint density at radius 2 is 2.30 bits per heavy atom. The highest BCUT2D eigenvalue weighted by molar-refractivity contribution is 9.10. The van der Waals surface area contributed by atoms with E-state index in [-0.39, 0.29) is 12.2 Å². The van der Waals surface area contributed by atoms with Crippen LogP contribution in [0.3, 0.4) is 0 Å². The molecule has 0 unspecified atom stereocenters. The van der Waals surface area contributed by atoms with E-state index < -0.39 is 5.97 Å². The van der Waals surface area contributed by atoms with Crippen molar-refractivity contribution in [1.82, 2.24) is 15.0 Å². The average Bonchev–Trinajstić information content (AvgIpc) is 2.77. The number of fused-ring (bicyclic) bond motifs is 3. The van der Waals surface area contributed by atoms with Crippen LogP contribution in [0.4, 0.5) is 0 Å². The maximum Gasteiger partial charge on any atom is 0.356 e. The van der Waals surface area contributed by atoms with E-state index in [1.54, 1.807) is 4.57 Å². The standard InChI is InChI=1S/C12H10BrN5O2/c13-6-1-2-8-7(3-6)11(17-14)15-4-9-10(12(19)20)16-5-18(8)9/h1-3,5H,4,14H2,(H,15,17)(H,19,20). The lowest BCUT2D eigenvalue weighted by Crippen LogP contribution is -2.31. The van der Waals surface area contributed by atoms with Gasteiger partial charge in [0.15, 0.2) is 5.69 Å². The fourth-order valence-corrected chi connectivity index (χ4v) is 2.54. The average molecular weight is 336 g/mol. The third-order valence-electron chi connectivity index (χ3n) is 3.07. The lowest BCUT2D eigenvalue weighted by Gasteiger charge is -2.11. The van der Waals surface area contributed by atoms with Crippen molar-refractivity contribution in [1.29, 1.82) is 0 Å². The van der Waals surface area contributed by atoms with Crippen molar-refractivity contribution >= 4 is 27.7 Å². The van der Waals surface area contributed by atoms with Gasteiger partial charge < -0.3 is 10.5 Å². The van der Waals surface area contributed by atoms with Crippen LogP contribution in [0.15, 0.2) is 34.0 Å². The zero-order chi connectivity index (χ0) is 14.3. The first-order chi connectivity index (χ1) is 9.61. The maximum absolute atomic E-state index is 11.2. The molecule has 0 fully saturated rings. The van der Waals surface area contributed by atoms with Gasteiger partial charge in [0.05, 0.1) is 17.9 Å². The number of nitrogens with zero attached hydrogens (tertiary/aromatic N) is 3. The number of amidine groups is 1. The van der Waals surface area contributed by atoms with Crippen molar-refractivity contribution in [2.24, 2.45) is 10.8 Å². The summed E-state index contributed by atoms with van der Waals surface area (Å²) in [5.41, 5.74) is 4.62. The molecule has 1 aromatic carbocycles. The second-order valence-corrected chi connectivity index (χ2v) is 5.10. The summed E-state index contributed by atoms with van der Waals surface area (Å²) in [5.74, 6) is 4.93. The van der Waals surface area contributed by atoms with Crippen molar-refractivity contribution in [3.05, 3.63) is 46.0 Å². The third kappa shape index (κ3) is 1.89. The zero-order valence-electron chi connectivity index (χ0n) is 10.2. The molecule has 1 aromatic heterocycles. The number of carboxylic acid groups (broad SMARTS) is 1. The third-order valence-corrected chi connectivity index (χ3v) is 3.56. The number of carbonyl (C=O) groups is 1. The number of aliphatic imine (C=N–C) groups is 1. The summed E-state index contributed by atoms with van der Waals surface area (Å²) in [6.07, 6.45) is 1.49. The number of nitrogens with one attached hydrogen (secondary N) is 1. The Morgan fingerprint density at radius 1 is 1.50 bits per heavy atom. The van der Waals surface area contributed by atoms with Crippen molar-refractivity contribution < 1.29 is 9.90 Å². The van der Waals surface area contributed by atoms with Gasteiger partial charge in [0.2, 0.25) is 0 Å². The number of aromatic carboxylic acids is 1. The van der Waals surface area contributed by atoms with Crippen LogP contribution in [-0.4, -0.2) is 26.5 Å². The Kier molecular flexibility index (Phi) is 3.03. The molecule has 0 amide bonds. The zero-order valence-corrected chi connectivity index (χ0v) is 11.8. The molecule has 0 radical (unpaired) electrons. The van der Waals surface area contributed by atoms with Gasteiger partial charge >= 0.3 is 5.97 Å².